The molecule has 21 unspecified atom stereocenters. The summed E-state index contributed by atoms with van der Waals surface area (Å²) in [5.74, 6) is 0. The molecular formula is C46H82N2O30. The zero-order valence-corrected chi connectivity index (χ0v) is 43.6. The van der Waals surface area contributed by atoms with Gasteiger partial charge in [0.15, 0.2) is 37.7 Å². The summed E-state index contributed by atoms with van der Waals surface area (Å²) in [6.45, 7) is 5.67. The molecule has 0 radical (unpaired) electrons. The van der Waals surface area contributed by atoms with Gasteiger partial charge in [0.05, 0.1) is 62.9 Å². The monoisotopic (exact) mass is 1140 g/mol. The van der Waals surface area contributed by atoms with Crippen molar-refractivity contribution in [3.05, 3.63) is 0 Å². The highest BCUT2D eigenvalue weighted by atomic mass is 16.8. The molecule has 0 saturated carbocycles. The average Bonchev–Trinajstić information content (AvgIpc) is 3.42. The maximum atomic E-state index is 12.1. The van der Waals surface area contributed by atoms with Crippen molar-refractivity contribution in [1.29, 1.82) is 0 Å². The van der Waals surface area contributed by atoms with Gasteiger partial charge in [-0.15, -0.1) is 0 Å². The van der Waals surface area contributed by atoms with Crippen LogP contribution in [0.3, 0.4) is 0 Å². The number of aliphatic hydroxyl groups is 17. The summed E-state index contributed by atoms with van der Waals surface area (Å²) < 4.78 is 78.1. The second kappa shape index (κ2) is 26.3. The summed E-state index contributed by atoms with van der Waals surface area (Å²) >= 11 is 0. The maximum absolute atomic E-state index is 12.1. The van der Waals surface area contributed by atoms with Gasteiger partial charge in [0.1, 0.15) is 140 Å². The highest BCUT2D eigenvalue weighted by Gasteiger charge is 2.59. The Labute approximate surface area is 447 Å². The molecule has 0 aromatic carbocycles. The molecule has 0 aromatic heterocycles. The van der Waals surface area contributed by atoms with Crippen molar-refractivity contribution in [3.63, 3.8) is 0 Å². The Balaban J connectivity index is 1.19. The van der Waals surface area contributed by atoms with Gasteiger partial charge in [0.2, 0.25) is 0 Å². The normalized spacial score (nSPS) is 53.7. The van der Waals surface area contributed by atoms with E-state index in [0.717, 1.165) is 0 Å². The van der Waals surface area contributed by atoms with Crippen LogP contribution in [0, 0.1) is 5.41 Å². The molecule has 0 bridgehead atoms. The fraction of sp³-hybridized carbons (Fsp3) is 1.00. The number of hydrogen-bond acceptors (Lipinski definition) is 32. The first kappa shape index (κ1) is 64.3. The van der Waals surface area contributed by atoms with Crippen LogP contribution in [-0.4, -0.2) is 328 Å². The van der Waals surface area contributed by atoms with Crippen molar-refractivity contribution in [2.24, 2.45) is 16.9 Å². The fourth-order valence-corrected chi connectivity index (χ4v) is 10.7. The largest absolute Gasteiger partial charge is 0.394 e. The zero-order chi connectivity index (χ0) is 57.7. The lowest BCUT2D eigenvalue weighted by Crippen LogP contribution is -2.71. The minimum Gasteiger partial charge on any atom is -0.394 e. The minimum atomic E-state index is -2.14. The standard InChI is InChI=1S/C46H82N2O30/c1-11-20(53)25(58)29(62)41(66-11)75-35-18(47)39(46(4,5)6)69-16(9-51)33(35)73-44-32(65)37(24(57)15(8-50)70-44)77-40-19(48)36(76-42-30(63)26(59)21(54)12(2)67-42)34(17(10-52)72-40)74-45-38(28(61)23(56)14(7-49)71-45)78-43-31(64)27(60)22(55)13(3)68-43/h11-45,49-65H,7-10,47-48H2,1-6H3/t11?,12?,13?,14?,15?,16?,17?,18?,19?,20-,21-,22+,23+,24+,25?,26?,27?,28?,29?,30?,31?,32?,33+,34+,35?,36?,37?,38?,39-,40+,41-,42-,43+,44+,45+/m1/s1. The lowest BCUT2D eigenvalue weighted by molar-refractivity contribution is -0.400. The third-order valence-corrected chi connectivity index (χ3v) is 15.5. The van der Waals surface area contributed by atoms with E-state index < -0.39 is 246 Å². The third kappa shape index (κ3) is 13.0. The van der Waals surface area contributed by atoms with E-state index in [1.54, 1.807) is 20.8 Å². The number of hydrogen-bond donors (Lipinski definition) is 19. The molecule has 7 fully saturated rings. The van der Waals surface area contributed by atoms with Crippen molar-refractivity contribution >= 4 is 0 Å². The molecule has 7 rings (SSSR count). The van der Waals surface area contributed by atoms with Crippen LogP contribution < -0.4 is 11.5 Å². The van der Waals surface area contributed by atoms with Crippen LogP contribution in [0.25, 0.3) is 0 Å². The van der Waals surface area contributed by atoms with E-state index in [2.05, 4.69) is 0 Å². The van der Waals surface area contributed by atoms with Crippen LogP contribution in [0.5, 0.6) is 0 Å². The number of nitrogens with two attached hydrogens (primary N) is 2. The molecular weight excluding hydrogens is 1060 g/mol. The number of rotatable bonds is 16. The van der Waals surface area contributed by atoms with Crippen LogP contribution >= 0.6 is 0 Å². The second-order valence-electron chi connectivity index (χ2n) is 22.1. The first-order chi connectivity index (χ1) is 36.6. The van der Waals surface area contributed by atoms with E-state index in [9.17, 15) is 86.8 Å². The van der Waals surface area contributed by atoms with Gasteiger partial charge in [-0.1, -0.05) is 20.8 Å². The summed E-state index contributed by atoms with van der Waals surface area (Å²) in [6, 6.07) is -2.99. The van der Waals surface area contributed by atoms with Crippen LogP contribution in [0.4, 0.5) is 0 Å². The first-order valence-corrected chi connectivity index (χ1v) is 25.9. The van der Waals surface area contributed by atoms with Crippen LogP contribution in [0.2, 0.25) is 0 Å². The van der Waals surface area contributed by atoms with Gasteiger partial charge in [0.25, 0.3) is 0 Å². The van der Waals surface area contributed by atoms with Gasteiger partial charge in [0, 0.05) is 0 Å². The Morgan fingerprint density at radius 3 is 1.08 bits per heavy atom. The van der Waals surface area contributed by atoms with Crippen molar-refractivity contribution in [2.75, 3.05) is 26.4 Å². The highest BCUT2D eigenvalue weighted by molar-refractivity contribution is 5.04. The molecule has 32 heteroatoms. The molecule has 35 atom stereocenters. The summed E-state index contributed by atoms with van der Waals surface area (Å²) in [5, 5.41) is 185. The van der Waals surface area contributed by atoms with E-state index >= 15 is 0 Å². The van der Waals surface area contributed by atoms with Crippen molar-refractivity contribution in [3.8, 4) is 0 Å². The Morgan fingerprint density at radius 1 is 0.308 bits per heavy atom. The van der Waals surface area contributed by atoms with Crippen LogP contribution in [-0.2, 0) is 61.6 Å². The number of ether oxygens (including phenoxy) is 13. The highest BCUT2D eigenvalue weighted by Crippen LogP contribution is 2.40. The Morgan fingerprint density at radius 2 is 0.641 bits per heavy atom. The average molecular weight is 1140 g/mol. The van der Waals surface area contributed by atoms with E-state index in [4.69, 9.17) is 73.0 Å². The molecule has 0 aliphatic carbocycles. The van der Waals surface area contributed by atoms with Gasteiger partial charge < -0.3 is 160 Å². The molecule has 7 aliphatic heterocycles. The summed E-state index contributed by atoms with van der Waals surface area (Å²) in [4.78, 5) is 0. The maximum Gasteiger partial charge on any atom is 0.187 e. The van der Waals surface area contributed by atoms with Gasteiger partial charge in [-0.3, -0.25) is 0 Å². The van der Waals surface area contributed by atoms with Gasteiger partial charge in [-0.2, -0.15) is 0 Å². The van der Waals surface area contributed by atoms with E-state index in [-0.39, 0.29) is 0 Å². The first-order valence-electron chi connectivity index (χ1n) is 25.9. The molecule has 0 aromatic rings. The van der Waals surface area contributed by atoms with E-state index in [0.29, 0.717) is 0 Å². The topological polar surface area (TPSA) is 516 Å². The van der Waals surface area contributed by atoms with Crippen molar-refractivity contribution in [1.82, 2.24) is 0 Å². The molecule has 32 nitrogen and oxygen atoms in total. The van der Waals surface area contributed by atoms with Crippen molar-refractivity contribution < 1.29 is 148 Å². The van der Waals surface area contributed by atoms with Gasteiger partial charge in [-0.05, 0) is 26.2 Å². The summed E-state index contributed by atoms with van der Waals surface area (Å²) in [7, 11) is 0. The molecule has 0 spiro atoms. The molecule has 456 valence electrons. The third-order valence-electron chi connectivity index (χ3n) is 15.5. The lowest BCUT2D eigenvalue weighted by atomic mass is 9.79. The molecule has 0 amide bonds. The van der Waals surface area contributed by atoms with Gasteiger partial charge in [-0.25, -0.2) is 0 Å². The molecule has 78 heavy (non-hydrogen) atoms. The van der Waals surface area contributed by atoms with E-state index in [1.807, 2.05) is 0 Å². The Hall–Kier alpha value is -1.28. The van der Waals surface area contributed by atoms with Crippen LogP contribution in [0.1, 0.15) is 41.5 Å². The van der Waals surface area contributed by atoms with Gasteiger partial charge >= 0.3 is 0 Å². The second-order valence-corrected chi connectivity index (χ2v) is 22.1. The fourth-order valence-electron chi connectivity index (χ4n) is 10.7. The zero-order valence-electron chi connectivity index (χ0n) is 43.6. The predicted molar refractivity (Wildman–Crippen MR) is 249 cm³/mol. The quantitative estimate of drug-likeness (QED) is 0.0682. The SMILES string of the molecule is CC1O[C@H](OC2C(N)[C@H](OC3C(O)[C@H](O[C@H]4C(CO)O[C@@H](C(C)(C)C)C(N)C4O[C@H]4OC(C)[C@@H](O)C(O)C4O)OC(CO)[C@@H]3O)OC(CO)[C@@H]2O[C@@H]2OC(CO)[C@H](O)C(O)C2O[C@@H]2OC(C)[C@H](O)C(O)C2O)C(O)C(O)[C@@H]1O. The van der Waals surface area contributed by atoms with Crippen molar-refractivity contribution in [2.45, 2.75) is 256 Å². The Kier molecular flexibility index (Phi) is 21.7. The smallest absolute Gasteiger partial charge is 0.187 e. The molecule has 7 aliphatic rings. The van der Waals surface area contributed by atoms with Crippen LogP contribution in [0.15, 0.2) is 0 Å². The molecule has 7 heterocycles. The molecule has 7 saturated heterocycles. The van der Waals surface area contributed by atoms with E-state index in [1.165, 1.54) is 20.8 Å². The molecule has 21 N–H and O–H groups in total. The lowest BCUT2D eigenvalue weighted by Gasteiger charge is -2.53. The Bertz CT molecular complexity index is 1870. The number of aliphatic hydroxyl groups excluding tert-OH is 17. The predicted octanol–water partition coefficient (Wildman–Crippen LogP) is -11.2. The summed E-state index contributed by atoms with van der Waals surface area (Å²) in [5.41, 5.74) is 12.9. The minimum absolute atomic E-state index is 0.746. The summed E-state index contributed by atoms with van der Waals surface area (Å²) in [6.07, 6.45) is -56.8.